The van der Waals surface area contributed by atoms with Crippen molar-refractivity contribution < 1.29 is 0 Å². The van der Waals surface area contributed by atoms with Crippen LogP contribution in [0.2, 0.25) is 0 Å². The number of hydrogen-bond donors (Lipinski definition) is 0. The molecule has 0 unspecified atom stereocenters. The van der Waals surface area contributed by atoms with Crippen LogP contribution in [0.3, 0.4) is 0 Å². The van der Waals surface area contributed by atoms with Crippen molar-refractivity contribution in [3.8, 4) is 0 Å². The minimum atomic E-state index is 0. The number of alkyl halides is 1. The van der Waals surface area contributed by atoms with E-state index in [9.17, 15) is 4.91 Å². The number of rotatable bonds is 4. The third kappa shape index (κ3) is 10.1. The minimum absolute atomic E-state index is 0. The Morgan fingerprint density at radius 3 is 2.38 bits per heavy atom. The van der Waals surface area contributed by atoms with E-state index in [1.807, 2.05) is 0 Å². The van der Waals surface area contributed by atoms with Crippen molar-refractivity contribution in [2.45, 2.75) is 12.8 Å². The van der Waals surface area contributed by atoms with Crippen LogP contribution in [-0.2, 0) is 0 Å². The van der Waals surface area contributed by atoms with Gasteiger partial charge in [0.05, 0.1) is 6.54 Å². The molecule has 0 heterocycles. The standard InChI is InChI=1S/C4H8BrNO.Na.H/c5-3-1-2-4-6-7;;/h1-4H2;;. The molecule has 0 aliphatic rings. The van der Waals surface area contributed by atoms with E-state index in [2.05, 4.69) is 21.1 Å². The summed E-state index contributed by atoms with van der Waals surface area (Å²) in [7, 11) is 0. The van der Waals surface area contributed by atoms with E-state index < -0.39 is 0 Å². The van der Waals surface area contributed by atoms with Crippen LogP contribution in [0, 0.1) is 4.91 Å². The predicted molar refractivity (Wildman–Crippen MR) is 40.8 cm³/mol. The van der Waals surface area contributed by atoms with Crippen LogP contribution in [0.25, 0.3) is 0 Å². The normalized spacial score (nSPS) is 7.62. The molecule has 0 aliphatic carbocycles. The van der Waals surface area contributed by atoms with Gasteiger partial charge in [0.25, 0.3) is 0 Å². The second kappa shape index (κ2) is 11.0. The van der Waals surface area contributed by atoms with E-state index >= 15 is 0 Å². The van der Waals surface area contributed by atoms with Crippen molar-refractivity contribution in [2.24, 2.45) is 5.18 Å². The molecule has 0 radical (unpaired) electrons. The molecule has 0 aliphatic heterocycles. The van der Waals surface area contributed by atoms with Crippen molar-refractivity contribution in [3.05, 3.63) is 4.91 Å². The number of nitroso groups, excluding NO2 is 1. The Hall–Kier alpha value is 1.08. The van der Waals surface area contributed by atoms with Gasteiger partial charge in [0, 0.05) is 5.33 Å². The molecular formula is C4H9BrNNaO. The van der Waals surface area contributed by atoms with Crippen LogP contribution in [-0.4, -0.2) is 41.4 Å². The van der Waals surface area contributed by atoms with Crippen molar-refractivity contribution in [2.75, 3.05) is 11.9 Å². The first-order chi connectivity index (χ1) is 3.41. The molecule has 0 rings (SSSR count). The summed E-state index contributed by atoms with van der Waals surface area (Å²) in [5.41, 5.74) is 0. The van der Waals surface area contributed by atoms with Gasteiger partial charge in [0.1, 0.15) is 0 Å². The van der Waals surface area contributed by atoms with E-state index in [-0.39, 0.29) is 29.6 Å². The summed E-state index contributed by atoms with van der Waals surface area (Å²) >= 11 is 3.24. The summed E-state index contributed by atoms with van der Waals surface area (Å²) in [5, 5.41) is 3.68. The molecule has 0 atom stereocenters. The van der Waals surface area contributed by atoms with Crippen molar-refractivity contribution in [1.29, 1.82) is 0 Å². The second-order valence-corrected chi connectivity index (χ2v) is 2.04. The topological polar surface area (TPSA) is 29.4 Å². The van der Waals surface area contributed by atoms with Crippen LogP contribution in [0.5, 0.6) is 0 Å². The van der Waals surface area contributed by atoms with Crippen molar-refractivity contribution in [1.82, 2.24) is 0 Å². The molecule has 0 aromatic heterocycles. The molecule has 0 aromatic rings. The van der Waals surface area contributed by atoms with Crippen LogP contribution < -0.4 is 0 Å². The monoisotopic (exact) mass is 189 g/mol. The van der Waals surface area contributed by atoms with Gasteiger partial charge in [-0.25, -0.2) is 0 Å². The summed E-state index contributed by atoms with van der Waals surface area (Å²) in [5.74, 6) is 0. The first-order valence-corrected chi connectivity index (χ1v) is 3.39. The van der Waals surface area contributed by atoms with Gasteiger partial charge in [-0.2, -0.15) is 4.91 Å². The third-order valence-electron chi connectivity index (χ3n) is 0.633. The Balaban J connectivity index is 0. The SMILES string of the molecule is O=NCCCCBr.[NaH]. The van der Waals surface area contributed by atoms with E-state index in [0.717, 1.165) is 18.2 Å². The fraction of sp³-hybridized carbons (Fsp3) is 1.00. The van der Waals surface area contributed by atoms with Crippen LogP contribution in [0.4, 0.5) is 0 Å². The second-order valence-electron chi connectivity index (χ2n) is 1.25. The van der Waals surface area contributed by atoms with Gasteiger partial charge in [-0.3, -0.25) is 0 Å². The maximum absolute atomic E-state index is 9.41. The van der Waals surface area contributed by atoms with E-state index in [0.29, 0.717) is 6.54 Å². The number of halogens is 1. The quantitative estimate of drug-likeness (QED) is 0.284. The van der Waals surface area contributed by atoms with Gasteiger partial charge in [0.15, 0.2) is 0 Å². The van der Waals surface area contributed by atoms with Crippen LogP contribution >= 0.6 is 15.9 Å². The van der Waals surface area contributed by atoms with Gasteiger partial charge in [0.2, 0.25) is 0 Å². The molecule has 0 saturated heterocycles. The average molecular weight is 190 g/mol. The number of nitrogens with zero attached hydrogens (tertiary/aromatic N) is 1. The molecule has 0 bridgehead atoms. The van der Waals surface area contributed by atoms with Gasteiger partial charge < -0.3 is 0 Å². The molecule has 4 heteroatoms. The van der Waals surface area contributed by atoms with Gasteiger partial charge in [-0.1, -0.05) is 21.1 Å². The summed E-state index contributed by atoms with van der Waals surface area (Å²) in [6.45, 7) is 0.464. The summed E-state index contributed by atoms with van der Waals surface area (Å²) in [4.78, 5) is 9.41. The molecule has 44 valence electrons. The van der Waals surface area contributed by atoms with E-state index in [4.69, 9.17) is 0 Å². The first-order valence-electron chi connectivity index (χ1n) is 2.27. The molecule has 0 spiro atoms. The fourth-order valence-electron chi connectivity index (χ4n) is 0.271. The first kappa shape index (κ1) is 11.8. The van der Waals surface area contributed by atoms with Gasteiger partial charge >= 0.3 is 29.6 Å². The summed E-state index contributed by atoms with van der Waals surface area (Å²) < 4.78 is 0. The molecule has 0 aromatic carbocycles. The Morgan fingerprint density at radius 2 is 2.00 bits per heavy atom. The molecule has 0 N–H and O–H groups in total. The molecule has 0 saturated carbocycles. The molecule has 8 heavy (non-hydrogen) atoms. The Morgan fingerprint density at radius 1 is 1.38 bits per heavy atom. The molecule has 2 nitrogen and oxygen atoms in total. The Kier molecular flexibility index (Phi) is 16.2. The van der Waals surface area contributed by atoms with Gasteiger partial charge in [-0.15, -0.1) is 0 Å². The maximum atomic E-state index is 9.41. The predicted octanol–water partition coefficient (Wildman–Crippen LogP) is 1.28. The number of unbranched alkanes of at least 4 members (excludes halogenated alkanes) is 1. The molecular weight excluding hydrogens is 181 g/mol. The van der Waals surface area contributed by atoms with E-state index in [1.165, 1.54) is 0 Å². The Labute approximate surface area is 79.8 Å². The van der Waals surface area contributed by atoms with Crippen molar-refractivity contribution in [3.63, 3.8) is 0 Å². The zero-order chi connectivity index (χ0) is 5.54. The zero-order valence-corrected chi connectivity index (χ0v) is 5.65. The van der Waals surface area contributed by atoms with Gasteiger partial charge in [-0.05, 0) is 12.8 Å². The third-order valence-corrected chi connectivity index (χ3v) is 1.19. The molecule has 0 amide bonds. The summed E-state index contributed by atoms with van der Waals surface area (Å²) in [6, 6.07) is 0. The molecule has 0 fully saturated rings. The number of hydrogen-bond acceptors (Lipinski definition) is 2. The fourth-order valence-corrected chi connectivity index (χ4v) is 0.667. The summed E-state index contributed by atoms with van der Waals surface area (Å²) in [6.07, 6.45) is 1.96. The average Bonchev–Trinajstić information content (AvgIpc) is 1.69. The Bertz CT molecular complexity index is 53.3. The van der Waals surface area contributed by atoms with E-state index in [1.54, 1.807) is 0 Å². The zero-order valence-electron chi connectivity index (χ0n) is 4.06. The van der Waals surface area contributed by atoms with Crippen LogP contribution in [0.1, 0.15) is 12.8 Å². The van der Waals surface area contributed by atoms with Crippen molar-refractivity contribution >= 4 is 45.5 Å². The van der Waals surface area contributed by atoms with Crippen LogP contribution in [0.15, 0.2) is 5.18 Å².